The minimum absolute atomic E-state index is 0.0844. The summed E-state index contributed by atoms with van der Waals surface area (Å²) in [5.41, 5.74) is 20.3. The summed E-state index contributed by atoms with van der Waals surface area (Å²) < 4.78 is 9.87. The van der Waals surface area contributed by atoms with Crippen molar-refractivity contribution in [3.05, 3.63) is 47.2 Å². The van der Waals surface area contributed by atoms with Crippen molar-refractivity contribution >= 4 is 28.5 Å². The molecule has 0 saturated heterocycles. The Balaban J connectivity index is 1.60. The molecule has 0 spiro atoms. The second-order valence-corrected chi connectivity index (χ2v) is 8.14. The fraction of sp³-hybridized carbons (Fsp3) is 0.364. The van der Waals surface area contributed by atoms with Gasteiger partial charge < -0.3 is 35.9 Å². The number of carbonyl (C=O) groups excluding carboxylic acids is 1. The lowest BCUT2D eigenvalue weighted by Gasteiger charge is -2.07. The first kappa shape index (κ1) is 25.1. The third-order valence-electron chi connectivity index (χ3n) is 4.83. The summed E-state index contributed by atoms with van der Waals surface area (Å²) in [7, 11) is 1.99. The van der Waals surface area contributed by atoms with Gasteiger partial charge in [-0.05, 0) is 42.8 Å². The molecule has 0 radical (unpaired) electrons. The molecule has 12 heteroatoms. The minimum atomic E-state index is 0.0844. The van der Waals surface area contributed by atoms with E-state index < -0.39 is 0 Å². The molecule has 0 atom stereocenters. The predicted octanol–water partition coefficient (Wildman–Crippen LogP) is 0.739. The molecule has 34 heavy (non-hydrogen) atoms. The number of aldehydes is 1. The van der Waals surface area contributed by atoms with Crippen molar-refractivity contribution in [2.45, 2.75) is 13.0 Å². The summed E-state index contributed by atoms with van der Waals surface area (Å²) in [5, 5.41) is 5.80. The number of imidazole rings is 1. The van der Waals surface area contributed by atoms with Gasteiger partial charge in [0.05, 0.1) is 12.2 Å². The van der Waals surface area contributed by atoms with Crippen molar-refractivity contribution in [1.82, 2.24) is 14.1 Å². The molecule has 0 aliphatic carbocycles. The number of hydrogen-bond acceptors (Lipinski definition) is 10. The molecule has 3 rings (SSSR count). The molecule has 1 aromatic carbocycles. The quantitative estimate of drug-likeness (QED) is 0.139. The van der Waals surface area contributed by atoms with Crippen LogP contribution in [-0.4, -0.2) is 59.0 Å². The van der Waals surface area contributed by atoms with Crippen molar-refractivity contribution in [2.75, 3.05) is 38.6 Å². The van der Waals surface area contributed by atoms with Gasteiger partial charge in [0.25, 0.3) is 0 Å². The Labute approximate surface area is 201 Å². The third kappa shape index (κ3) is 6.53. The standard InChI is InChI=1S/C22H30N8O3S/c1-29-20(13-30(10-2-7-23)22(29)26-9-8-24)16-3-5-17(6-4-16)32-11-12-33-28-18(14-31)19-15-34-21(25)27-19/h3-6,13-15H,2,7-12,23-24H2,1H3,(H2,25,27)/b26-22-,28-18+. The van der Waals surface area contributed by atoms with Crippen molar-refractivity contribution in [2.24, 2.45) is 28.7 Å². The van der Waals surface area contributed by atoms with Crippen molar-refractivity contribution in [3.8, 4) is 17.0 Å². The number of carbonyl (C=O) groups is 1. The Morgan fingerprint density at radius 3 is 2.65 bits per heavy atom. The number of anilines is 1. The van der Waals surface area contributed by atoms with E-state index in [1.54, 1.807) is 5.38 Å². The van der Waals surface area contributed by atoms with Gasteiger partial charge in [-0.15, -0.1) is 11.3 Å². The number of ether oxygens (including phenoxy) is 1. The van der Waals surface area contributed by atoms with Crippen molar-refractivity contribution in [3.63, 3.8) is 0 Å². The van der Waals surface area contributed by atoms with Crippen molar-refractivity contribution in [1.29, 1.82) is 0 Å². The molecule has 0 fully saturated rings. The largest absolute Gasteiger partial charge is 0.490 e. The number of thiazole rings is 1. The third-order valence-corrected chi connectivity index (χ3v) is 5.51. The summed E-state index contributed by atoms with van der Waals surface area (Å²) in [6.07, 6.45) is 3.52. The molecule has 0 aliphatic heterocycles. The lowest BCUT2D eigenvalue weighted by Crippen LogP contribution is -2.26. The second-order valence-electron chi connectivity index (χ2n) is 7.25. The second kappa shape index (κ2) is 12.7. The van der Waals surface area contributed by atoms with E-state index in [1.165, 1.54) is 11.3 Å². The lowest BCUT2D eigenvalue weighted by atomic mass is 10.1. The highest BCUT2D eigenvalue weighted by Gasteiger charge is 2.10. The van der Waals surface area contributed by atoms with Crippen LogP contribution in [0.5, 0.6) is 5.75 Å². The zero-order valence-corrected chi connectivity index (χ0v) is 19.9. The maximum Gasteiger partial charge on any atom is 0.205 e. The average Bonchev–Trinajstić information content (AvgIpc) is 3.41. The zero-order valence-electron chi connectivity index (χ0n) is 19.1. The van der Waals surface area contributed by atoms with E-state index >= 15 is 0 Å². The molecular weight excluding hydrogens is 456 g/mol. The number of benzene rings is 1. The van der Waals surface area contributed by atoms with Gasteiger partial charge in [-0.1, -0.05) is 5.16 Å². The van der Waals surface area contributed by atoms with Crippen LogP contribution in [0.3, 0.4) is 0 Å². The van der Waals surface area contributed by atoms with E-state index in [0.29, 0.717) is 42.5 Å². The number of rotatable bonds is 13. The van der Waals surface area contributed by atoms with E-state index in [2.05, 4.69) is 30.5 Å². The van der Waals surface area contributed by atoms with Crippen LogP contribution in [0.25, 0.3) is 11.3 Å². The highest BCUT2D eigenvalue weighted by atomic mass is 32.1. The zero-order chi connectivity index (χ0) is 24.3. The van der Waals surface area contributed by atoms with E-state index in [9.17, 15) is 4.79 Å². The molecule has 0 unspecified atom stereocenters. The summed E-state index contributed by atoms with van der Waals surface area (Å²) in [6, 6.07) is 7.75. The van der Waals surface area contributed by atoms with Crippen LogP contribution >= 0.6 is 11.3 Å². The highest BCUT2D eigenvalue weighted by Crippen LogP contribution is 2.21. The van der Waals surface area contributed by atoms with Crippen molar-refractivity contribution < 1.29 is 14.4 Å². The van der Waals surface area contributed by atoms with Gasteiger partial charge in [0.2, 0.25) is 5.62 Å². The first-order chi connectivity index (χ1) is 16.6. The summed E-state index contributed by atoms with van der Waals surface area (Å²) in [4.78, 5) is 25.0. The van der Waals surface area contributed by atoms with E-state index in [4.69, 9.17) is 26.8 Å². The Morgan fingerprint density at radius 2 is 2.00 bits per heavy atom. The van der Waals surface area contributed by atoms with E-state index in [1.807, 2.05) is 31.3 Å². The Bertz CT molecular complexity index is 1160. The number of aryl methyl sites for hydroxylation is 1. The van der Waals surface area contributed by atoms with E-state index in [-0.39, 0.29) is 18.9 Å². The maximum absolute atomic E-state index is 11.2. The number of nitrogen functional groups attached to an aromatic ring is 1. The fourth-order valence-electron chi connectivity index (χ4n) is 3.22. The SMILES string of the molecule is Cn1c(-c2ccc(OCCO/N=C(\C=O)c3csc(N)n3)cc2)cn(CCCN)/c1=N\CCN. The topological polar surface area (TPSA) is 161 Å². The first-order valence-electron chi connectivity index (χ1n) is 10.8. The Hall–Kier alpha value is -3.48. The van der Waals surface area contributed by atoms with Crippen LogP contribution < -0.4 is 27.6 Å². The van der Waals surface area contributed by atoms with Gasteiger partial charge in [-0.3, -0.25) is 9.79 Å². The molecular formula is C22H30N8O3S. The molecule has 0 aliphatic rings. The molecule has 2 aromatic heterocycles. The smallest absolute Gasteiger partial charge is 0.205 e. The average molecular weight is 487 g/mol. The monoisotopic (exact) mass is 486 g/mol. The highest BCUT2D eigenvalue weighted by molar-refractivity contribution is 7.13. The molecule has 0 saturated carbocycles. The lowest BCUT2D eigenvalue weighted by molar-refractivity contribution is -0.102. The van der Waals surface area contributed by atoms with Gasteiger partial charge >= 0.3 is 0 Å². The summed E-state index contributed by atoms with van der Waals surface area (Å²) >= 11 is 1.23. The molecule has 11 nitrogen and oxygen atoms in total. The molecule has 6 N–H and O–H groups in total. The number of aromatic nitrogens is 3. The number of nitrogens with two attached hydrogens (primary N) is 3. The molecule has 182 valence electrons. The summed E-state index contributed by atoms with van der Waals surface area (Å²) in [5.74, 6) is 0.692. The van der Waals surface area contributed by atoms with Gasteiger partial charge in [-0.25, -0.2) is 4.98 Å². The van der Waals surface area contributed by atoms with Gasteiger partial charge in [0.1, 0.15) is 18.1 Å². The molecule has 0 amide bonds. The minimum Gasteiger partial charge on any atom is -0.490 e. The summed E-state index contributed by atoms with van der Waals surface area (Å²) in [6.45, 7) is 2.90. The van der Waals surface area contributed by atoms with Crippen LogP contribution in [0.15, 0.2) is 46.0 Å². The first-order valence-corrected chi connectivity index (χ1v) is 11.7. The van der Waals surface area contributed by atoms with E-state index in [0.717, 1.165) is 29.8 Å². The molecule has 2 heterocycles. The van der Waals surface area contributed by atoms with Crippen LogP contribution in [-0.2, 0) is 23.2 Å². The molecule has 3 aromatic rings. The normalized spacial score (nSPS) is 12.2. The fourth-order valence-corrected chi connectivity index (χ4v) is 3.77. The van der Waals surface area contributed by atoms with Crippen LogP contribution in [0.1, 0.15) is 12.1 Å². The number of oxime groups is 1. The molecule has 0 bridgehead atoms. The van der Waals surface area contributed by atoms with Gasteiger partial charge in [0.15, 0.2) is 23.7 Å². The van der Waals surface area contributed by atoms with Crippen LogP contribution in [0, 0.1) is 0 Å². The predicted molar refractivity (Wildman–Crippen MR) is 133 cm³/mol. The number of hydrogen-bond donors (Lipinski definition) is 3. The van der Waals surface area contributed by atoms with Crippen LogP contribution in [0.4, 0.5) is 5.13 Å². The Morgan fingerprint density at radius 1 is 1.21 bits per heavy atom. The number of nitrogens with zero attached hydrogens (tertiary/aromatic N) is 5. The van der Waals surface area contributed by atoms with Crippen LogP contribution in [0.2, 0.25) is 0 Å². The maximum atomic E-state index is 11.2. The Kier molecular flexibility index (Phi) is 9.38. The van der Waals surface area contributed by atoms with Gasteiger partial charge in [0, 0.05) is 31.7 Å². The van der Waals surface area contributed by atoms with Gasteiger partial charge in [-0.2, -0.15) is 0 Å².